The molecule has 0 aromatic carbocycles. The predicted octanol–water partition coefficient (Wildman–Crippen LogP) is 0.487. The van der Waals surface area contributed by atoms with Crippen molar-refractivity contribution < 1.29 is 14.3 Å². The Hall–Kier alpha value is -2.07. The van der Waals surface area contributed by atoms with Gasteiger partial charge in [-0.2, -0.15) is 5.26 Å². The van der Waals surface area contributed by atoms with Crippen molar-refractivity contribution in [1.82, 2.24) is 15.1 Å². The van der Waals surface area contributed by atoms with Gasteiger partial charge < -0.3 is 19.9 Å². The zero-order valence-corrected chi connectivity index (χ0v) is 13.3. The second kappa shape index (κ2) is 6.59. The number of amides is 2. The van der Waals surface area contributed by atoms with Crippen molar-refractivity contribution in [2.45, 2.75) is 31.3 Å². The number of rotatable bonds is 3. The fraction of sp³-hybridized carbons (Fsp3) is 0.688. The van der Waals surface area contributed by atoms with E-state index in [0.29, 0.717) is 25.6 Å². The van der Waals surface area contributed by atoms with Crippen LogP contribution in [0.15, 0.2) is 11.6 Å². The van der Waals surface area contributed by atoms with Gasteiger partial charge in [0.05, 0.1) is 19.7 Å². The fourth-order valence-electron chi connectivity index (χ4n) is 3.77. The number of nitrogens with one attached hydrogen (secondary N) is 1. The van der Waals surface area contributed by atoms with Crippen molar-refractivity contribution in [2.75, 3.05) is 33.3 Å². The first kappa shape index (κ1) is 15.8. The number of likely N-dealkylation sites (tertiary alicyclic amines) is 2. The lowest BCUT2D eigenvalue weighted by Crippen LogP contribution is -2.43. The molecule has 7 nitrogen and oxygen atoms in total. The first-order chi connectivity index (χ1) is 11.1. The molecule has 1 aliphatic carbocycles. The van der Waals surface area contributed by atoms with Gasteiger partial charge in [0.25, 0.3) is 0 Å². The summed E-state index contributed by atoms with van der Waals surface area (Å²) in [5.41, 5.74) is 1.25. The molecular weight excluding hydrogens is 296 g/mol. The highest BCUT2D eigenvalue weighted by Gasteiger charge is 2.37. The summed E-state index contributed by atoms with van der Waals surface area (Å²) in [7, 11) is 1.40. The van der Waals surface area contributed by atoms with Gasteiger partial charge in [-0.1, -0.05) is 6.08 Å². The SMILES string of the molecule is COC(=O)N1CC2=CC(NCC(=O)N3CCCC3C#N)CC2C1. The standard InChI is InChI=1S/C16H22N4O3/c1-23-16(22)19-9-11-5-13(6-12(11)10-19)18-8-15(21)20-4-2-3-14(20)7-17/h5,12-14,18H,2-4,6,8-10H2,1H3. The van der Waals surface area contributed by atoms with Crippen LogP contribution in [0.2, 0.25) is 0 Å². The summed E-state index contributed by atoms with van der Waals surface area (Å²) in [6.07, 6.45) is 4.44. The second-order valence-corrected chi connectivity index (χ2v) is 6.39. The molecule has 2 aliphatic heterocycles. The van der Waals surface area contributed by atoms with Gasteiger partial charge >= 0.3 is 6.09 Å². The third kappa shape index (κ3) is 3.17. The summed E-state index contributed by atoms with van der Waals surface area (Å²) in [6, 6.07) is 2.10. The number of carbonyl (C=O) groups excluding carboxylic acids is 2. The molecule has 2 heterocycles. The average molecular weight is 318 g/mol. The summed E-state index contributed by atoms with van der Waals surface area (Å²) in [5, 5.41) is 12.3. The number of hydrogen-bond donors (Lipinski definition) is 1. The molecule has 0 radical (unpaired) electrons. The van der Waals surface area contributed by atoms with Crippen LogP contribution in [0.1, 0.15) is 19.3 Å². The van der Waals surface area contributed by atoms with Crippen molar-refractivity contribution in [3.05, 3.63) is 11.6 Å². The molecule has 1 N–H and O–H groups in total. The quantitative estimate of drug-likeness (QED) is 0.765. The summed E-state index contributed by atoms with van der Waals surface area (Å²) in [5.74, 6) is 0.362. The summed E-state index contributed by atoms with van der Waals surface area (Å²) >= 11 is 0. The van der Waals surface area contributed by atoms with Crippen LogP contribution >= 0.6 is 0 Å². The highest BCUT2D eigenvalue weighted by molar-refractivity contribution is 5.79. The Bertz CT molecular complexity index is 568. The first-order valence-corrected chi connectivity index (χ1v) is 8.08. The normalized spacial score (nSPS) is 29.2. The van der Waals surface area contributed by atoms with Crippen LogP contribution in [-0.2, 0) is 9.53 Å². The van der Waals surface area contributed by atoms with Crippen LogP contribution in [0.4, 0.5) is 4.79 Å². The van der Waals surface area contributed by atoms with E-state index in [4.69, 9.17) is 10.00 Å². The van der Waals surface area contributed by atoms with Gasteiger partial charge in [-0.05, 0) is 24.8 Å². The molecule has 3 atom stereocenters. The monoisotopic (exact) mass is 318 g/mol. The van der Waals surface area contributed by atoms with E-state index in [0.717, 1.165) is 19.3 Å². The maximum atomic E-state index is 12.2. The Kier molecular flexibility index (Phi) is 4.53. The van der Waals surface area contributed by atoms with Gasteiger partial charge in [-0.15, -0.1) is 0 Å². The molecule has 7 heteroatoms. The van der Waals surface area contributed by atoms with E-state index >= 15 is 0 Å². The van der Waals surface area contributed by atoms with Gasteiger partial charge in [0.2, 0.25) is 5.91 Å². The van der Waals surface area contributed by atoms with E-state index in [-0.39, 0.29) is 30.6 Å². The highest BCUT2D eigenvalue weighted by Crippen LogP contribution is 2.33. The van der Waals surface area contributed by atoms with E-state index in [2.05, 4.69) is 17.5 Å². The molecule has 3 unspecified atom stereocenters. The van der Waals surface area contributed by atoms with Crippen LogP contribution in [0.5, 0.6) is 0 Å². The number of methoxy groups -OCH3 is 1. The van der Waals surface area contributed by atoms with Crippen molar-refractivity contribution in [3.63, 3.8) is 0 Å². The predicted molar refractivity (Wildman–Crippen MR) is 82.3 cm³/mol. The van der Waals surface area contributed by atoms with E-state index in [1.807, 2.05) is 0 Å². The van der Waals surface area contributed by atoms with E-state index in [9.17, 15) is 9.59 Å². The van der Waals surface area contributed by atoms with Crippen molar-refractivity contribution in [1.29, 1.82) is 5.26 Å². The molecule has 2 amide bonds. The van der Waals surface area contributed by atoms with Gasteiger partial charge in [0.15, 0.2) is 0 Å². The topological polar surface area (TPSA) is 85.7 Å². The summed E-state index contributed by atoms with van der Waals surface area (Å²) in [4.78, 5) is 27.1. The third-order valence-electron chi connectivity index (χ3n) is 4.96. The van der Waals surface area contributed by atoms with Crippen LogP contribution in [-0.4, -0.2) is 67.2 Å². The number of ether oxygens (including phenoxy) is 1. The maximum absolute atomic E-state index is 12.2. The molecule has 3 aliphatic rings. The number of nitriles is 1. The lowest BCUT2D eigenvalue weighted by atomic mass is 10.1. The van der Waals surface area contributed by atoms with Crippen LogP contribution in [0.25, 0.3) is 0 Å². The molecule has 0 spiro atoms. The molecule has 3 rings (SSSR count). The van der Waals surface area contributed by atoms with Gasteiger partial charge in [0, 0.05) is 31.6 Å². The Labute approximate surface area is 135 Å². The molecule has 23 heavy (non-hydrogen) atoms. The molecule has 0 aromatic heterocycles. The number of carbonyl (C=O) groups is 2. The smallest absolute Gasteiger partial charge is 0.409 e. The largest absolute Gasteiger partial charge is 0.453 e. The van der Waals surface area contributed by atoms with Gasteiger partial charge in [-0.25, -0.2) is 4.79 Å². The minimum atomic E-state index is -0.281. The van der Waals surface area contributed by atoms with Gasteiger partial charge in [-0.3, -0.25) is 4.79 Å². The summed E-state index contributed by atoms with van der Waals surface area (Å²) < 4.78 is 4.75. The van der Waals surface area contributed by atoms with Crippen molar-refractivity contribution >= 4 is 12.0 Å². The Morgan fingerprint density at radius 2 is 2.35 bits per heavy atom. The van der Waals surface area contributed by atoms with Crippen LogP contribution in [0.3, 0.4) is 0 Å². The number of fused-ring (bicyclic) bond motifs is 1. The average Bonchev–Trinajstić information content (AvgIpc) is 3.24. The van der Waals surface area contributed by atoms with Crippen LogP contribution < -0.4 is 5.32 Å². The zero-order chi connectivity index (χ0) is 16.4. The Balaban J connectivity index is 1.48. The molecule has 2 saturated heterocycles. The molecule has 2 fully saturated rings. The molecule has 0 aromatic rings. The minimum Gasteiger partial charge on any atom is -0.453 e. The highest BCUT2D eigenvalue weighted by atomic mass is 16.5. The lowest BCUT2D eigenvalue weighted by molar-refractivity contribution is -0.130. The molecule has 124 valence electrons. The fourth-order valence-corrected chi connectivity index (χ4v) is 3.77. The Morgan fingerprint density at radius 1 is 1.52 bits per heavy atom. The Morgan fingerprint density at radius 3 is 3.04 bits per heavy atom. The van der Waals surface area contributed by atoms with Gasteiger partial charge in [0.1, 0.15) is 6.04 Å². The zero-order valence-electron chi connectivity index (χ0n) is 13.3. The maximum Gasteiger partial charge on any atom is 0.409 e. The number of hydrogen-bond acceptors (Lipinski definition) is 5. The summed E-state index contributed by atoms with van der Waals surface area (Å²) in [6.45, 7) is 2.25. The number of nitrogens with zero attached hydrogens (tertiary/aromatic N) is 3. The van der Waals surface area contributed by atoms with Crippen LogP contribution in [0, 0.1) is 17.2 Å². The van der Waals surface area contributed by atoms with Crippen molar-refractivity contribution in [3.8, 4) is 6.07 Å². The second-order valence-electron chi connectivity index (χ2n) is 6.39. The molecule has 0 saturated carbocycles. The first-order valence-electron chi connectivity index (χ1n) is 8.08. The van der Waals surface area contributed by atoms with E-state index < -0.39 is 0 Å². The molecular formula is C16H22N4O3. The van der Waals surface area contributed by atoms with Crippen molar-refractivity contribution in [2.24, 2.45) is 5.92 Å². The molecule has 0 bridgehead atoms. The van der Waals surface area contributed by atoms with E-state index in [1.165, 1.54) is 12.7 Å². The lowest BCUT2D eigenvalue weighted by Gasteiger charge is -2.21. The minimum absolute atomic E-state index is 0.000645. The van der Waals surface area contributed by atoms with E-state index in [1.54, 1.807) is 9.80 Å². The third-order valence-corrected chi connectivity index (χ3v) is 4.96.